The fraction of sp³-hybridized carbons (Fsp3) is 0.800. The molecule has 0 aliphatic carbocycles. The van der Waals surface area contributed by atoms with Crippen LogP contribution in [0.3, 0.4) is 0 Å². The first-order valence-corrected chi connectivity index (χ1v) is 5.66. The lowest BCUT2D eigenvalue weighted by Gasteiger charge is -2.25. The molecule has 19 heavy (non-hydrogen) atoms. The Labute approximate surface area is 107 Å². The molecule has 1 saturated heterocycles. The lowest BCUT2D eigenvalue weighted by molar-refractivity contribution is -0.171. The molecule has 1 fully saturated rings. The lowest BCUT2D eigenvalue weighted by Crippen LogP contribution is -2.46. The van der Waals surface area contributed by atoms with Crippen LogP contribution in [0.1, 0.15) is 12.8 Å². The molecule has 1 heterocycles. The first-order chi connectivity index (χ1) is 8.73. The van der Waals surface area contributed by atoms with Crippen molar-refractivity contribution in [1.29, 1.82) is 0 Å². The summed E-state index contributed by atoms with van der Waals surface area (Å²) in [6, 6.07) is 0. The zero-order chi connectivity index (χ0) is 14.6. The van der Waals surface area contributed by atoms with Gasteiger partial charge in [-0.3, -0.25) is 9.59 Å². The van der Waals surface area contributed by atoms with E-state index in [4.69, 9.17) is 15.6 Å². The van der Waals surface area contributed by atoms with E-state index in [0.29, 0.717) is 6.42 Å². The number of carboxylic acid groups (broad SMARTS) is 1. The molecule has 0 radical (unpaired) electrons. The zero-order valence-corrected chi connectivity index (χ0v) is 10.0. The van der Waals surface area contributed by atoms with E-state index >= 15 is 0 Å². The molecule has 2 atom stereocenters. The fourth-order valence-corrected chi connectivity index (χ4v) is 1.86. The number of aliphatic carboxylic acids is 1. The number of nitrogens with zero attached hydrogens (tertiary/aromatic N) is 1. The van der Waals surface area contributed by atoms with E-state index in [0.717, 1.165) is 0 Å². The summed E-state index contributed by atoms with van der Waals surface area (Å²) in [6.45, 7) is -2.45. The molecule has 9 heteroatoms. The maximum absolute atomic E-state index is 12.3. The third-order valence-electron chi connectivity index (χ3n) is 2.65. The van der Waals surface area contributed by atoms with Crippen LogP contribution in [-0.2, 0) is 14.3 Å². The van der Waals surface area contributed by atoms with Gasteiger partial charge in [0, 0.05) is 6.54 Å². The summed E-state index contributed by atoms with van der Waals surface area (Å²) in [5, 5.41) is 8.55. The predicted octanol–water partition coefficient (Wildman–Crippen LogP) is -0.0318. The molecule has 0 aromatic carbocycles. The first-order valence-electron chi connectivity index (χ1n) is 5.66. The predicted molar refractivity (Wildman–Crippen MR) is 57.2 cm³/mol. The number of hydrogen-bond donors (Lipinski definition) is 2. The maximum atomic E-state index is 12.3. The number of carbonyl (C=O) groups excluding carboxylic acids is 1. The standard InChI is InChI=1S/C10H15F3N2O4/c11-10(12,13)5-15(4-8(16)17)9(18)7-2-1-6(3-14)19-7/h6-7H,1-5,14H2,(H,16,17). The normalized spacial score (nSPS) is 23.4. The molecule has 2 unspecified atom stereocenters. The molecule has 0 saturated carbocycles. The Bertz CT molecular complexity index is 348. The summed E-state index contributed by atoms with van der Waals surface area (Å²) in [6.07, 6.45) is -5.35. The Kier molecular flexibility index (Phi) is 5.12. The molecular formula is C10H15F3N2O4. The Morgan fingerprint density at radius 2 is 2.00 bits per heavy atom. The number of halogens is 3. The average Bonchev–Trinajstić information content (AvgIpc) is 2.73. The van der Waals surface area contributed by atoms with Gasteiger partial charge in [0.2, 0.25) is 0 Å². The Hall–Kier alpha value is -1.35. The summed E-state index contributed by atoms with van der Waals surface area (Å²) in [7, 11) is 0. The van der Waals surface area contributed by atoms with Gasteiger partial charge in [0.1, 0.15) is 19.2 Å². The molecule has 0 aromatic rings. The van der Waals surface area contributed by atoms with Crippen molar-refractivity contribution < 1.29 is 32.6 Å². The van der Waals surface area contributed by atoms with Crippen molar-refractivity contribution in [3.8, 4) is 0 Å². The molecule has 0 bridgehead atoms. The summed E-state index contributed by atoms with van der Waals surface area (Å²) in [5.74, 6) is -2.47. The number of alkyl halides is 3. The number of amides is 1. The number of carboxylic acids is 1. The van der Waals surface area contributed by atoms with Gasteiger partial charge in [-0.25, -0.2) is 0 Å². The first kappa shape index (κ1) is 15.7. The molecule has 1 rings (SSSR count). The highest BCUT2D eigenvalue weighted by Gasteiger charge is 2.39. The van der Waals surface area contributed by atoms with Crippen LogP contribution in [0.25, 0.3) is 0 Å². The number of hydrogen-bond acceptors (Lipinski definition) is 4. The lowest BCUT2D eigenvalue weighted by atomic mass is 10.2. The number of carbonyl (C=O) groups is 2. The van der Waals surface area contributed by atoms with Crippen LogP contribution in [0.4, 0.5) is 13.2 Å². The van der Waals surface area contributed by atoms with Crippen molar-refractivity contribution >= 4 is 11.9 Å². The van der Waals surface area contributed by atoms with Crippen molar-refractivity contribution in [2.75, 3.05) is 19.6 Å². The van der Waals surface area contributed by atoms with Gasteiger partial charge in [-0.05, 0) is 12.8 Å². The van der Waals surface area contributed by atoms with Crippen molar-refractivity contribution in [2.24, 2.45) is 5.73 Å². The van der Waals surface area contributed by atoms with E-state index < -0.39 is 37.2 Å². The highest BCUT2D eigenvalue weighted by Crippen LogP contribution is 2.23. The Balaban J connectivity index is 2.69. The van der Waals surface area contributed by atoms with Gasteiger partial charge in [-0.1, -0.05) is 0 Å². The molecular weight excluding hydrogens is 269 g/mol. The van der Waals surface area contributed by atoms with Crippen molar-refractivity contribution in [1.82, 2.24) is 4.90 Å². The smallest absolute Gasteiger partial charge is 0.406 e. The van der Waals surface area contributed by atoms with Crippen molar-refractivity contribution in [2.45, 2.75) is 31.2 Å². The Morgan fingerprint density at radius 3 is 2.42 bits per heavy atom. The third kappa shape index (κ3) is 5.03. The summed E-state index contributed by atoms with van der Waals surface area (Å²) < 4.78 is 42.1. The molecule has 110 valence electrons. The van der Waals surface area contributed by atoms with Gasteiger partial charge < -0.3 is 20.5 Å². The quantitative estimate of drug-likeness (QED) is 0.739. The van der Waals surface area contributed by atoms with Gasteiger partial charge in [-0.15, -0.1) is 0 Å². The van der Waals surface area contributed by atoms with Gasteiger partial charge in [0.15, 0.2) is 0 Å². The molecule has 3 N–H and O–H groups in total. The minimum absolute atomic E-state index is 0.169. The average molecular weight is 284 g/mol. The zero-order valence-electron chi connectivity index (χ0n) is 10.0. The van der Waals surface area contributed by atoms with Crippen LogP contribution in [0.5, 0.6) is 0 Å². The van der Waals surface area contributed by atoms with E-state index in [1.54, 1.807) is 0 Å². The van der Waals surface area contributed by atoms with E-state index in [2.05, 4.69) is 0 Å². The van der Waals surface area contributed by atoms with Gasteiger partial charge in [0.05, 0.1) is 6.10 Å². The van der Waals surface area contributed by atoms with E-state index in [9.17, 15) is 22.8 Å². The van der Waals surface area contributed by atoms with Gasteiger partial charge in [-0.2, -0.15) is 13.2 Å². The molecule has 0 aromatic heterocycles. The minimum atomic E-state index is -4.66. The van der Waals surface area contributed by atoms with Crippen LogP contribution >= 0.6 is 0 Å². The monoisotopic (exact) mass is 284 g/mol. The summed E-state index contributed by atoms with van der Waals surface area (Å²) in [4.78, 5) is 22.6. The van der Waals surface area contributed by atoms with Gasteiger partial charge in [0.25, 0.3) is 5.91 Å². The Morgan fingerprint density at radius 1 is 1.37 bits per heavy atom. The molecule has 6 nitrogen and oxygen atoms in total. The molecule has 0 spiro atoms. The summed E-state index contributed by atoms with van der Waals surface area (Å²) in [5.41, 5.74) is 5.33. The highest BCUT2D eigenvalue weighted by atomic mass is 19.4. The third-order valence-corrected chi connectivity index (χ3v) is 2.65. The molecule has 1 aliphatic heterocycles. The molecule has 1 aliphatic rings. The minimum Gasteiger partial charge on any atom is -0.480 e. The summed E-state index contributed by atoms with van der Waals surface area (Å²) >= 11 is 0. The fourth-order valence-electron chi connectivity index (χ4n) is 1.86. The number of ether oxygens (including phenoxy) is 1. The largest absolute Gasteiger partial charge is 0.480 e. The van der Waals surface area contributed by atoms with Gasteiger partial charge >= 0.3 is 12.1 Å². The maximum Gasteiger partial charge on any atom is 0.406 e. The van der Waals surface area contributed by atoms with Crippen LogP contribution < -0.4 is 5.73 Å². The number of rotatable bonds is 5. The van der Waals surface area contributed by atoms with Crippen LogP contribution in [-0.4, -0.2) is 59.9 Å². The second-order valence-corrected chi connectivity index (χ2v) is 4.26. The van der Waals surface area contributed by atoms with E-state index in [1.807, 2.05) is 0 Å². The van der Waals surface area contributed by atoms with Crippen molar-refractivity contribution in [3.63, 3.8) is 0 Å². The molecule has 1 amide bonds. The topological polar surface area (TPSA) is 92.9 Å². The van der Waals surface area contributed by atoms with Crippen LogP contribution in [0, 0.1) is 0 Å². The van der Waals surface area contributed by atoms with Crippen molar-refractivity contribution in [3.05, 3.63) is 0 Å². The number of nitrogens with two attached hydrogens (primary N) is 1. The highest BCUT2D eigenvalue weighted by molar-refractivity contribution is 5.84. The van der Waals surface area contributed by atoms with Crippen LogP contribution in [0.15, 0.2) is 0 Å². The second kappa shape index (κ2) is 6.20. The SMILES string of the molecule is NCC1CCC(C(=O)N(CC(=O)O)CC(F)(F)F)O1. The van der Waals surface area contributed by atoms with E-state index in [-0.39, 0.29) is 24.0 Å². The van der Waals surface area contributed by atoms with E-state index in [1.165, 1.54) is 0 Å². The van der Waals surface area contributed by atoms with Crippen LogP contribution in [0.2, 0.25) is 0 Å². The second-order valence-electron chi connectivity index (χ2n) is 4.26.